The molecule has 1 aromatic heterocycles. The molecule has 0 N–H and O–H groups in total. The Labute approximate surface area is 243 Å². The summed E-state index contributed by atoms with van der Waals surface area (Å²) in [5.74, 6) is 1.47. The number of unbranched alkanes of at least 4 members (excludes halogenated alkanes) is 1. The van der Waals surface area contributed by atoms with E-state index in [2.05, 4.69) is 25.9 Å². The van der Waals surface area contributed by atoms with E-state index in [1.807, 2.05) is 56.5 Å². The van der Waals surface area contributed by atoms with Crippen LogP contribution in [0, 0.1) is 0 Å². The van der Waals surface area contributed by atoms with Crippen LogP contribution < -0.4 is 14.4 Å². The van der Waals surface area contributed by atoms with E-state index >= 15 is 0 Å². The Hall–Kier alpha value is -1.94. The van der Waals surface area contributed by atoms with E-state index in [0.717, 1.165) is 40.6 Å². The molecule has 204 valence electrons. The molecule has 0 saturated heterocycles. The minimum Gasteiger partial charge on any atom is -0.748 e. The lowest BCUT2D eigenvalue weighted by atomic mass is 10.2. The first-order chi connectivity index (χ1) is 18.0. The summed E-state index contributed by atoms with van der Waals surface area (Å²) in [6.07, 6.45) is 6.79. The summed E-state index contributed by atoms with van der Waals surface area (Å²) in [5, 5.41) is 1.89. The zero-order valence-electron chi connectivity index (χ0n) is 21.2. The lowest BCUT2D eigenvalue weighted by molar-refractivity contribution is -0.647. The number of fused-ring (bicyclic) bond motifs is 2. The molecular weight excluding hydrogens is 590 g/mol. The monoisotopic (exact) mass is 616 g/mol. The van der Waals surface area contributed by atoms with Crippen LogP contribution in [-0.2, 0) is 23.7 Å². The van der Waals surface area contributed by atoms with Gasteiger partial charge in [0.2, 0.25) is 0 Å². The number of imidazole rings is 1. The molecular formula is C26H28Cl4N4O3S. The summed E-state index contributed by atoms with van der Waals surface area (Å²) < 4.78 is 37.5. The molecule has 38 heavy (non-hydrogen) atoms. The van der Waals surface area contributed by atoms with Crippen LogP contribution in [0.4, 0.5) is 11.4 Å². The number of allylic oxidation sites excluding steroid dienone is 2. The van der Waals surface area contributed by atoms with Gasteiger partial charge in [0.25, 0.3) is 5.82 Å². The first-order valence-corrected chi connectivity index (χ1v) is 15.3. The predicted molar refractivity (Wildman–Crippen MR) is 157 cm³/mol. The standard InChI is InChI=1S/C26H28Cl4N4O3S/c1-4-32-22-14-18(28)17(27)13-21(22)31(3)25(32)9-8-10-26-33(5-2)23-15-19(29)20(30)16-24(23)34(26)11-6-7-12-38(35,36)37/h8-10,13-16H,4-7,11-12H2,1-3H3. The Balaban J connectivity index is 1.73. The van der Waals surface area contributed by atoms with Crippen molar-refractivity contribution >= 4 is 85.0 Å². The number of anilines is 2. The van der Waals surface area contributed by atoms with Crippen molar-refractivity contribution in [1.82, 2.24) is 4.57 Å². The molecule has 0 saturated carbocycles. The minimum atomic E-state index is -4.26. The molecule has 0 amide bonds. The fourth-order valence-electron chi connectivity index (χ4n) is 4.84. The first-order valence-electron chi connectivity index (χ1n) is 12.2. The highest BCUT2D eigenvalue weighted by atomic mass is 35.5. The van der Waals surface area contributed by atoms with Gasteiger partial charge in [0.05, 0.1) is 55.2 Å². The van der Waals surface area contributed by atoms with E-state index in [1.54, 1.807) is 0 Å². The highest BCUT2D eigenvalue weighted by Crippen LogP contribution is 2.45. The van der Waals surface area contributed by atoms with Crippen molar-refractivity contribution in [3.8, 4) is 0 Å². The molecule has 0 radical (unpaired) electrons. The molecule has 4 rings (SSSR count). The highest BCUT2D eigenvalue weighted by Gasteiger charge is 2.31. The van der Waals surface area contributed by atoms with Gasteiger partial charge in [-0.2, -0.15) is 0 Å². The molecule has 0 fully saturated rings. The molecule has 0 spiro atoms. The third-order valence-corrected chi connectivity index (χ3v) is 8.82. The number of aromatic nitrogens is 2. The topological polar surface area (TPSA) is 72.5 Å². The zero-order chi connectivity index (χ0) is 27.8. The zero-order valence-corrected chi connectivity index (χ0v) is 25.1. The van der Waals surface area contributed by atoms with Crippen LogP contribution in [0.15, 0.2) is 42.2 Å². The Morgan fingerprint density at radius 3 is 2.11 bits per heavy atom. The summed E-state index contributed by atoms with van der Waals surface area (Å²) in [5.41, 5.74) is 3.74. The summed E-state index contributed by atoms with van der Waals surface area (Å²) in [7, 11) is -2.28. The number of hydrogen-bond acceptors (Lipinski definition) is 5. The number of aryl methyl sites for hydroxylation is 2. The molecule has 1 aliphatic rings. The number of rotatable bonds is 9. The fraction of sp³-hybridized carbons (Fsp3) is 0.346. The summed E-state index contributed by atoms with van der Waals surface area (Å²) in [6.45, 7) is 6.04. The van der Waals surface area contributed by atoms with Crippen molar-refractivity contribution in [3.63, 3.8) is 0 Å². The lowest BCUT2D eigenvalue weighted by Gasteiger charge is -2.24. The second kappa shape index (κ2) is 11.7. The van der Waals surface area contributed by atoms with Crippen LogP contribution in [0.1, 0.15) is 32.5 Å². The summed E-state index contributed by atoms with van der Waals surface area (Å²) >= 11 is 25.3. The minimum absolute atomic E-state index is 0.270. The van der Waals surface area contributed by atoms with Crippen molar-refractivity contribution in [2.24, 2.45) is 7.05 Å². The molecule has 2 heterocycles. The maximum atomic E-state index is 11.1. The average Bonchev–Trinajstić information content (AvgIpc) is 3.27. The van der Waals surface area contributed by atoms with E-state index in [1.165, 1.54) is 0 Å². The largest absolute Gasteiger partial charge is 0.748 e. The van der Waals surface area contributed by atoms with Crippen molar-refractivity contribution < 1.29 is 17.5 Å². The van der Waals surface area contributed by atoms with Gasteiger partial charge in [0.15, 0.2) is 11.0 Å². The van der Waals surface area contributed by atoms with Gasteiger partial charge in [-0.1, -0.05) is 52.5 Å². The third-order valence-electron chi connectivity index (χ3n) is 6.59. The summed E-state index contributed by atoms with van der Waals surface area (Å²) in [6, 6.07) is 7.40. The van der Waals surface area contributed by atoms with Crippen LogP contribution in [0.3, 0.4) is 0 Å². The van der Waals surface area contributed by atoms with Gasteiger partial charge in [0, 0.05) is 37.1 Å². The smallest absolute Gasteiger partial charge is 0.282 e. The molecule has 3 aromatic rings. The van der Waals surface area contributed by atoms with Gasteiger partial charge in [-0.25, -0.2) is 17.6 Å². The van der Waals surface area contributed by atoms with Crippen molar-refractivity contribution in [2.45, 2.75) is 33.2 Å². The van der Waals surface area contributed by atoms with Crippen LogP contribution >= 0.6 is 46.4 Å². The predicted octanol–water partition coefficient (Wildman–Crippen LogP) is 6.63. The van der Waals surface area contributed by atoms with Gasteiger partial charge >= 0.3 is 0 Å². The quantitative estimate of drug-likeness (QED) is 0.153. The van der Waals surface area contributed by atoms with E-state index < -0.39 is 15.9 Å². The molecule has 0 atom stereocenters. The molecule has 12 heteroatoms. The van der Waals surface area contributed by atoms with Gasteiger partial charge in [-0.15, -0.1) is 0 Å². The van der Waals surface area contributed by atoms with E-state index in [0.29, 0.717) is 39.6 Å². The number of benzene rings is 2. The average molecular weight is 618 g/mol. The van der Waals surface area contributed by atoms with E-state index in [4.69, 9.17) is 46.4 Å². The Morgan fingerprint density at radius 2 is 1.50 bits per heavy atom. The van der Waals surface area contributed by atoms with Crippen LogP contribution in [-0.4, -0.2) is 36.4 Å². The number of nitrogens with zero attached hydrogens (tertiary/aromatic N) is 4. The van der Waals surface area contributed by atoms with Crippen LogP contribution in [0.2, 0.25) is 20.1 Å². The fourth-order valence-corrected chi connectivity index (χ4v) is 6.03. The van der Waals surface area contributed by atoms with E-state index in [9.17, 15) is 13.0 Å². The summed E-state index contributed by atoms with van der Waals surface area (Å²) in [4.78, 5) is 4.21. The number of hydrogen-bond donors (Lipinski definition) is 0. The molecule has 0 bridgehead atoms. The second-order valence-electron chi connectivity index (χ2n) is 8.92. The van der Waals surface area contributed by atoms with Gasteiger partial charge in [-0.05, 0) is 44.9 Å². The maximum Gasteiger partial charge on any atom is 0.282 e. The molecule has 0 aliphatic carbocycles. The van der Waals surface area contributed by atoms with E-state index in [-0.39, 0.29) is 6.42 Å². The van der Waals surface area contributed by atoms with Crippen molar-refractivity contribution in [1.29, 1.82) is 0 Å². The SMILES string of the molecule is CCN1/C(=C\C=C\c2n(CC)c3cc(Cl)c(Cl)cc3[n+]2C)N(CCCCS(=O)(=O)[O-])c2cc(Cl)c(Cl)cc21. The highest BCUT2D eigenvalue weighted by molar-refractivity contribution is 7.85. The second-order valence-corrected chi connectivity index (χ2v) is 12.1. The van der Waals surface area contributed by atoms with Crippen LogP contribution in [0.25, 0.3) is 17.1 Å². The number of halogens is 4. The molecule has 1 aliphatic heterocycles. The van der Waals surface area contributed by atoms with Gasteiger partial charge in [0.1, 0.15) is 5.82 Å². The van der Waals surface area contributed by atoms with Crippen LogP contribution in [0.5, 0.6) is 0 Å². The molecule has 7 nitrogen and oxygen atoms in total. The van der Waals surface area contributed by atoms with Crippen molar-refractivity contribution in [3.05, 3.63) is 68.2 Å². The first kappa shape index (κ1) is 29.1. The lowest BCUT2D eigenvalue weighted by Crippen LogP contribution is -2.31. The Bertz CT molecular complexity index is 1550. The Kier molecular flexibility index (Phi) is 8.91. The van der Waals surface area contributed by atoms with Crippen molar-refractivity contribution in [2.75, 3.05) is 28.6 Å². The molecule has 2 aromatic carbocycles. The third kappa shape index (κ3) is 5.81. The van der Waals surface area contributed by atoms with Gasteiger partial charge in [-0.3, -0.25) is 0 Å². The normalized spacial score (nSPS) is 15.0. The Morgan fingerprint density at radius 1 is 0.895 bits per heavy atom. The van der Waals surface area contributed by atoms with Gasteiger partial charge < -0.3 is 14.4 Å². The maximum absolute atomic E-state index is 11.1. The molecule has 0 unspecified atom stereocenters.